The largest absolute Gasteiger partial charge is 0.271 e. The summed E-state index contributed by atoms with van der Waals surface area (Å²) in [6.07, 6.45) is 6.68. The lowest BCUT2D eigenvalue weighted by Gasteiger charge is -2.65. The van der Waals surface area contributed by atoms with Crippen molar-refractivity contribution in [2.45, 2.75) is 64.1 Å². The monoisotopic (exact) mass is 392 g/mol. The Morgan fingerprint density at radius 1 is 1.04 bits per heavy atom. The van der Waals surface area contributed by atoms with E-state index in [-0.39, 0.29) is 5.91 Å². The third-order valence-corrected chi connectivity index (χ3v) is 8.31. The predicted octanol–water partition coefficient (Wildman–Crippen LogP) is 5.16. The minimum absolute atomic E-state index is 0.271. The highest BCUT2D eigenvalue weighted by Crippen LogP contribution is 2.57. The Kier molecular flexibility index (Phi) is 3.91. The minimum Gasteiger partial charge on any atom is -0.271 e. The molecule has 0 atom stereocenters. The first kappa shape index (κ1) is 17.3. The van der Waals surface area contributed by atoms with E-state index in [2.05, 4.69) is 10.0 Å². The minimum atomic E-state index is -0.472. The van der Waals surface area contributed by atoms with Gasteiger partial charge in [0.15, 0.2) is 0 Å². The van der Waals surface area contributed by atoms with Crippen LogP contribution in [0.3, 0.4) is 0 Å². The van der Waals surface area contributed by atoms with E-state index in [9.17, 15) is 4.79 Å². The van der Waals surface area contributed by atoms with Crippen molar-refractivity contribution >= 4 is 29.1 Å². The summed E-state index contributed by atoms with van der Waals surface area (Å²) in [4.78, 5) is 13.1. The summed E-state index contributed by atoms with van der Waals surface area (Å²) in [5.41, 5.74) is 0.522. The molecular weight excluding hydrogens is 367 g/mol. The number of carbonyl (C=O) groups is 1. The third kappa shape index (κ3) is 2.40. The number of hydrogen-bond donors (Lipinski definition) is 0. The quantitative estimate of drug-likeness (QED) is 0.709. The molecule has 5 fully saturated rings. The molecule has 1 saturated heterocycles. The molecule has 1 aliphatic heterocycles. The highest BCUT2D eigenvalue weighted by molar-refractivity contribution is 6.42. The fourth-order valence-corrected chi connectivity index (χ4v) is 6.80. The molecular formula is C21H26Cl2N2O. The van der Waals surface area contributed by atoms with Crippen molar-refractivity contribution in [1.82, 2.24) is 10.0 Å². The second-order valence-electron chi connectivity index (χ2n) is 9.40. The van der Waals surface area contributed by atoms with Gasteiger partial charge >= 0.3 is 0 Å². The predicted molar refractivity (Wildman–Crippen MR) is 104 cm³/mol. The molecule has 0 unspecified atom stereocenters. The molecule has 6 rings (SSSR count). The molecule has 26 heavy (non-hydrogen) atoms. The van der Waals surface area contributed by atoms with E-state index in [0.29, 0.717) is 34.5 Å². The molecule has 4 aliphatic carbocycles. The topological polar surface area (TPSA) is 23.6 Å². The van der Waals surface area contributed by atoms with E-state index in [1.807, 2.05) is 32.0 Å². The summed E-state index contributed by atoms with van der Waals surface area (Å²) < 4.78 is 0. The molecule has 1 amide bonds. The molecule has 0 N–H and O–H groups in total. The Bertz CT molecular complexity index is 734. The van der Waals surface area contributed by atoms with E-state index in [0.717, 1.165) is 17.4 Å². The van der Waals surface area contributed by atoms with Crippen LogP contribution in [-0.4, -0.2) is 27.5 Å². The van der Waals surface area contributed by atoms with Gasteiger partial charge in [-0.1, -0.05) is 35.3 Å². The molecule has 5 heteroatoms. The number of nitrogens with zero attached hydrogens (tertiary/aromatic N) is 2. The van der Waals surface area contributed by atoms with Gasteiger partial charge in [0.1, 0.15) is 5.54 Å². The molecule has 1 aromatic rings. The van der Waals surface area contributed by atoms with Crippen LogP contribution in [0.1, 0.15) is 51.5 Å². The van der Waals surface area contributed by atoms with Crippen LogP contribution in [0.2, 0.25) is 10.0 Å². The molecule has 4 bridgehead atoms. The number of hydrazine groups is 1. The highest BCUT2D eigenvalue weighted by Gasteiger charge is 2.60. The van der Waals surface area contributed by atoms with Gasteiger partial charge in [-0.15, -0.1) is 0 Å². The number of amides is 1. The number of benzene rings is 1. The number of carbonyl (C=O) groups excluding carboxylic acids is 1. The standard InChI is InChI=1S/C21H26Cl2N2O/c1-21(2)20(26)25(24(21)11-14-4-3-5-17(22)18(14)23)19-15-7-12-6-13(9-15)10-16(19)8-12/h3-5,12-13,15-16,19H,6-11H2,1-2H3. The SMILES string of the molecule is CC1(C)C(=O)N(C2C3CC4CC(C3)CC2C4)N1Cc1cccc(Cl)c1Cl. The molecule has 1 aromatic carbocycles. The smallest absolute Gasteiger partial charge is 0.258 e. The zero-order valence-electron chi connectivity index (χ0n) is 15.4. The van der Waals surface area contributed by atoms with Crippen LogP contribution in [-0.2, 0) is 11.3 Å². The van der Waals surface area contributed by atoms with Gasteiger partial charge in [0.25, 0.3) is 5.91 Å². The van der Waals surface area contributed by atoms with Crippen LogP contribution in [0.15, 0.2) is 18.2 Å². The van der Waals surface area contributed by atoms with Gasteiger partial charge < -0.3 is 0 Å². The Morgan fingerprint density at radius 2 is 1.65 bits per heavy atom. The molecule has 3 nitrogen and oxygen atoms in total. The number of rotatable bonds is 3. The van der Waals surface area contributed by atoms with Crippen LogP contribution < -0.4 is 0 Å². The summed E-state index contributed by atoms with van der Waals surface area (Å²) >= 11 is 12.7. The molecule has 0 aromatic heterocycles. The molecule has 4 saturated carbocycles. The second kappa shape index (κ2) is 5.86. The summed E-state index contributed by atoms with van der Waals surface area (Å²) in [5.74, 6) is 3.46. The van der Waals surface area contributed by atoms with E-state index in [1.54, 1.807) is 0 Å². The van der Waals surface area contributed by atoms with Crippen molar-refractivity contribution in [3.8, 4) is 0 Å². The lowest BCUT2D eigenvalue weighted by Crippen LogP contribution is -2.79. The first-order valence-electron chi connectivity index (χ1n) is 9.90. The first-order chi connectivity index (χ1) is 12.4. The molecule has 140 valence electrons. The maximum atomic E-state index is 13.1. The lowest BCUT2D eigenvalue weighted by atomic mass is 9.53. The van der Waals surface area contributed by atoms with Crippen molar-refractivity contribution in [3.05, 3.63) is 33.8 Å². The van der Waals surface area contributed by atoms with Gasteiger partial charge in [-0.3, -0.25) is 9.80 Å². The number of halogens is 2. The lowest BCUT2D eigenvalue weighted by molar-refractivity contribution is -0.251. The summed E-state index contributed by atoms with van der Waals surface area (Å²) in [7, 11) is 0. The van der Waals surface area contributed by atoms with E-state index >= 15 is 0 Å². The molecule has 1 heterocycles. The normalized spacial score (nSPS) is 37.9. The zero-order chi connectivity index (χ0) is 18.2. The molecule has 5 aliphatic rings. The van der Waals surface area contributed by atoms with Crippen molar-refractivity contribution in [3.63, 3.8) is 0 Å². The molecule has 0 spiro atoms. The maximum Gasteiger partial charge on any atom is 0.258 e. The van der Waals surface area contributed by atoms with Crippen LogP contribution >= 0.6 is 23.2 Å². The second-order valence-corrected chi connectivity index (χ2v) is 10.2. The summed E-state index contributed by atoms with van der Waals surface area (Å²) in [6.45, 7) is 4.70. The van der Waals surface area contributed by atoms with Crippen LogP contribution in [0, 0.1) is 23.7 Å². The third-order valence-electron chi connectivity index (χ3n) is 7.45. The maximum absolute atomic E-state index is 13.1. The van der Waals surface area contributed by atoms with Crippen molar-refractivity contribution in [1.29, 1.82) is 0 Å². The Labute approximate surface area is 165 Å². The highest BCUT2D eigenvalue weighted by atomic mass is 35.5. The first-order valence-corrected chi connectivity index (χ1v) is 10.7. The van der Waals surface area contributed by atoms with Gasteiger partial charge in [0.2, 0.25) is 0 Å². The van der Waals surface area contributed by atoms with E-state index in [1.165, 1.54) is 32.1 Å². The van der Waals surface area contributed by atoms with E-state index < -0.39 is 5.54 Å². The fraction of sp³-hybridized carbons (Fsp3) is 0.667. The number of hydrogen-bond acceptors (Lipinski definition) is 2. The average molecular weight is 393 g/mol. The summed E-state index contributed by atoms with van der Waals surface area (Å²) in [5, 5.41) is 5.55. The van der Waals surface area contributed by atoms with Gasteiger partial charge in [-0.05, 0) is 81.3 Å². The van der Waals surface area contributed by atoms with Gasteiger partial charge in [0, 0.05) is 6.54 Å². The molecule has 0 radical (unpaired) electrons. The Balaban J connectivity index is 1.44. The van der Waals surface area contributed by atoms with Crippen molar-refractivity contribution in [2.75, 3.05) is 0 Å². The van der Waals surface area contributed by atoms with Gasteiger partial charge in [-0.2, -0.15) is 5.01 Å². The Morgan fingerprint density at radius 3 is 2.27 bits per heavy atom. The van der Waals surface area contributed by atoms with Gasteiger partial charge in [0.05, 0.1) is 16.1 Å². The Hall–Kier alpha value is -0.770. The van der Waals surface area contributed by atoms with Crippen molar-refractivity contribution in [2.24, 2.45) is 23.7 Å². The zero-order valence-corrected chi connectivity index (χ0v) is 16.9. The average Bonchev–Trinajstić information content (AvgIpc) is 2.59. The van der Waals surface area contributed by atoms with Crippen LogP contribution in [0.4, 0.5) is 0 Å². The van der Waals surface area contributed by atoms with E-state index in [4.69, 9.17) is 23.2 Å². The van der Waals surface area contributed by atoms with Crippen LogP contribution in [0.5, 0.6) is 0 Å². The van der Waals surface area contributed by atoms with Crippen molar-refractivity contribution < 1.29 is 4.79 Å². The fourth-order valence-electron chi connectivity index (χ4n) is 6.42. The summed E-state index contributed by atoms with van der Waals surface area (Å²) in [6, 6.07) is 6.16. The van der Waals surface area contributed by atoms with Gasteiger partial charge in [-0.25, -0.2) is 0 Å². The van der Waals surface area contributed by atoms with Crippen LogP contribution in [0.25, 0.3) is 0 Å².